The lowest BCUT2D eigenvalue weighted by Crippen LogP contribution is -2.32. The summed E-state index contributed by atoms with van der Waals surface area (Å²) in [7, 11) is 0. The van der Waals surface area contributed by atoms with Gasteiger partial charge in [-0.3, -0.25) is 10.1 Å². The van der Waals surface area contributed by atoms with E-state index in [9.17, 15) is 4.79 Å². The number of thiocarbonyl (C=S) groups is 1. The molecule has 3 aromatic rings. The van der Waals surface area contributed by atoms with E-state index < -0.39 is 0 Å². The molecule has 1 amide bonds. The molecular weight excluding hydrogens is 366 g/mol. The Bertz CT molecular complexity index is 930. The Hall–Kier alpha value is -2.51. The first-order valence-corrected chi connectivity index (χ1v) is 9.59. The summed E-state index contributed by atoms with van der Waals surface area (Å²) in [6.45, 7) is 2.19. The SMILES string of the molecule is CCCCc1ccc2nc(NC(=S)NC(=O)C=Cc3ccco3)sc2c1. The van der Waals surface area contributed by atoms with Crippen LogP contribution in [-0.2, 0) is 11.2 Å². The van der Waals surface area contributed by atoms with Gasteiger partial charge < -0.3 is 9.73 Å². The first kappa shape index (κ1) is 18.3. The molecule has 0 unspecified atom stereocenters. The topological polar surface area (TPSA) is 67.2 Å². The molecule has 0 bridgehead atoms. The molecule has 5 nitrogen and oxygen atoms in total. The van der Waals surface area contributed by atoms with Crippen LogP contribution in [0.3, 0.4) is 0 Å². The van der Waals surface area contributed by atoms with Gasteiger partial charge >= 0.3 is 0 Å². The molecule has 0 aliphatic rings. The summed E-state index contributed by atoms with van der Waals surface area (Å²) in [6, 6.07) is 9.82. The summed E-state index contributed by atoms with van der Waals surface area (Å²) in [5.41, 5.74) is 2.23. The highest BCUT2D eigenvalue weighted by molar-refractivity contribution is 7.80. The van der Waals surface area contributed by atoms with Gasteiger partial charge in [-0.2, -0.15) is 0 Å². The van der Waals surface area contributed by atoms with Crippen molar-refractivity contribution in [1.29, 1.82) is 0 Å². The van der Waals surface area contributed by atoms with Crippen LogP contribution in [0.4, 0.5) is 5.13 Å². The van der Waals surface area contributed by atoms with Crippen molar-refractivity contribution in [2.24, 2.45) is 0 Å². The van der Waals surface area contributed by atoms with Crippen LogP contribution in [0.5, 0.6) is 0 Å². The fourth-order valence-electron chi connectivity index (χ4n) is 2.38. The molecule has 2 aromatic heterocycles. The van der Waals surface area contributed by atoms with Crippen molar-refractivity contribution in [2.75, 3.05) is 5.32 Å². The lowest BCUT2D eigenvalue weighted by molar-refractivity contribution is -0.115. The third kappa shape index (κ3) is 5.00. The number of benzene rings is 1. The van der Waals surface area contributed by atoms with Crippen molar-refractivity contribution in [3.8, 4) is 0 Å². The van der Waals surface area contributed by atoms with Gasteiger partial charge in [-0.05, 0) is 61.0 Å². The van der Waals surface area contributed by atoms with Crippen LogP contribution in [0.25, 0.3) is 16.3 Å². The monoisotopic (exact) mass is 385 g/mol. The molecule has 0 saturated heterocycles. The summed E-state index contributed by atoms with van der Waals surface area (Å²) in [6.07, 6.45) is 7.92. The largest absolute Gasteiger partial charge is 0.465 e. The third-order valence-corrected chi connectivity index (χ3v) is 4.81. The van der Waals surface area contributed by atoms with Crippen LogP contribution < -0.4 is 10.6 Å². The Balaban J connectivity index is 1.59. The number of carbonyl (C=O) groups is 1. The molecule has 1 aromatic carbocycles. The number of furan rings is 1. The van der Waals surface area contributed by atoms with E-state index in [1.54, 1.807) is 24.5 Å². The van der Waals surface area contributed by atoms with Crippen LogP contribution >= 0.6 is 23.6 Å². The zero-order valence-electron chi connectivity index (χ0n) is 14.3. The Morgan fingerprint density at radius 1 is 1.38 bits per heavy atom. The number of fused-ring (bicyclic) bond motifs is 1. The zero-order chi connectivity index (χ0) is 18.4. The number of hydrogen-bond donors (Lipinski definition) is 2. The first-order valence-electron chi connectivity index (χ1n) is 8.37. The lowest BCUT2D eigenvalue weighted by Gasteiger charge is -2.04. The average molecular weight is 386 g/mol. The van der Waals surface area contributed by atoms with Crippen LogP contribution in [0, 0.1) is 0 Å². The minimum absolute atomic E-state index is 0.212. The molecule has 0 fully saturated rings. The van der Waals surface area contributed by atoms with Crippen molar-refractivity contribution in [2.45, 2.75) is 26.2 Å². The predicted octanol–water partition coefficient (Wildman–Crippen LogP) is 4.76. The second kappa shape index (κ2) is 8.73. The van der Waals surface area contributed by atoms with Gasteiger partial charge in [-0.25, -0.2) is 4.98 Å². The highest BCUT2D eigenvalue weighted by Crippen LogP contribution is 2.27. The third-order valence-electron chi connectivity index (χ3n) is 3.67. The van der Waals surface area contributed by atoms with E-state index in [0.29, 0.717) is 10.9 Å². The van der Waals surface area contributed by atoms with E-state index in [-0.39, 0.29) is 11.0 Å². The number of carbonyl (C=O) groups excluding carboxylic acids is 1. The van der Waals surface area contributed by atoms with Crippen LogP contribution in [0.15, 0.2) is 47.1 Å². The Morgan fingerprint density at radius 3 is 3.04 bits per heavy atom. The van der Waals surface area contributed by atoms with Crippen molar-refractivity contribution in [3.63, 3.8) is 0 Å². The molecule has 3 rings (SSSR count). The number of amides is 1. The quantitative estimate of drug-likeness (QED) is 0.473. The van der Waals surface area contributed by atoms with Gasteiger partial charge in [0.2, 0.25) is 5.91 Å². The number of anilines is 1. The van der Waals surface area contributed by atoms with E-state index in [0.717, 1.165) is 16.6 Å². The summed E-state index contributed by atoms with van der Waals surface area (Å²) in [5.74, 6) is 0.269. The second-order valence-corrected chi connectivity index (χ2v) is 7.16. The summed E-state index contributed by atoms with van der Waals surface area (Å²) in [5, 5.41) is 6.43. The highest BCUT2D eigenvalue weighted by atomic mass is 32.1. The molecule has 2 heterocycles. The van der Waals surface area contributed by atoms with Crippen molar-refractivity contribution < 1.29 is 9.21 Å². The number of thiazole rings is 1. The molecule has 0 radical (unpaired) electrons. The van der Waals surface area contributed by atoms with Gasteiger partial charge in [0.1, 0.15) is 5.76 Å². The second-order valence-electron chi connectivity index (χ2n) is 5.72. The molecule has 0 spiro atoms. The van der Waals surface area contributed by atoms with Crippen molar-refractivity contribution >= 4 is 56.0 Å². The molecular formula is C19H19N3O2S2. The van der Waals surface area contributed by atoms with Crippen molar-refractivity contribution in [1.82, 2.24) is 10.3 Å². The van der Waals surface area contributed by atoms with Crippen LogP contribution in [0.1, 0.15) is 31.1 Å². The van der Waals surface area contributed by atoms with E-state index >= 15 is 0 Å². The molecule has 7 heteroatoms. The number of rotatable bonds is 6. The van der Waals surface area contributed by atoms with Gasteiger partial charge in [0.05, 0.1) is 16.5 Å². The number of aromatic nitrogens is 1. The van der Waals surface area contributed by atoms with Crippen LogP contribution in [-0.4, -0.2) is 16.0 Å². The maximum atomic E-state index is 11.9. The van der Waals surface area contributed by atoms with Crippen LogP contribution in [0.2, 0.25) is 0 Å². The lowest BCUT2D eigenvalue weighted by atomic mass is 10.1. The zero-order valence-corrected chi connectivity index (χ0v) is 16.0. The summed E-state index contributed by atoms with van der Waals surface area (Å²) in [4.78, 5) is 16.4. The minimum Gasteiger partial charge on any atom is -0.465 e. The highest BCUT2D eigenvalue weighted by Gasteiger charge is 2.08. The van der Waals surface area contributed by atoms with Gasteiger partial charge in [-0.15, -0.1) is 0 Å². The maximum Gasteiger partial charge on any atom is 0.250 e. The molecule has 0 saturated carbocycles. The van der Waals surface area contributed by atoms with Gasteiger partial charge in [-0.1, -0.05) is 30.7 Å². The Labute approximate surface area is 161 Å². The fourth-order valence-corrected chi connectivity index (χ4v) is 3.58. The van der Waals surface area contributed by atoms with Gasteiger partial charge in [0, 0.05) is 6.08 Å². The Morgan fingerprint density at radius 2 is 2.27 bits per heavy atom. The van der Waals surface area contributed by atoms with E-state index in [1.165, 1.54) is 35.8 Å². The molecule has 0 aliphatic carbocycles. The van der Waals surface area contributed by atoms with E-state index in [1.807, 2.05) is 6.07 Å². The molecule has 0 atom stereocenters. The smallest absolute Gasteiger partial charge is 0.250 e. The molecule has 2 N–H and O–H groups in total. The maximum absolute atomic E-state index is 11.9. The average Bonchev–Trinajstić information content (AvgIpc) is 3.26. The summed E-state index contributed by atoms with van der Waals surface area (Å²) >= 11 is 6.70. The predicted molar refractivity (Wildman–Crippen MR) is 110 cm³/mol. The first-order chi connectivity index (χ1) is 12.6. The Kier molecular flexibility index (Phi) is 6.14. The fraction of sp³-hybridized carbons (Fsp3) is 0.211. The molecule has 0 aliphatic heterocycles. The normalized spacial score (nSPS) is 11.1. The number of hydrogen-bond acceptors (Lipinski definition) is 5. The van der Waals surface area contributed by atoms with Gasteiger partial charge in [0.15, 0.2) is 10.2 Å². The van der Waals surface area contributed by atoms with E-state index in [2.05, 4.69) is 34.7 Å². The molecule has 134 valence electrons. The van der Waals surface area contributed by atoms with Crippen molar-refractivity contribution in [3.05, 3.63) is 54.0 Å². The number of nitrogens with zero attached hydrogens (tertiary/aromatic N) is 1. The molecule has 26 heavy (non-hydrogen) atoms. The standard InChI is InChI=1S/C19H19N3O2S2/c1-2-3-5-13-7-9-15-16(12-13)26-19(20-15)22-18(25)21-17(23)10-8-14-6-4-11-24-14/h4,6-12H,2-3,5H2,1H3,(H2,20,21,22,23,25). The summed E-state index contributed by atoms with van der Waals surface area (Å²) < 4.78 is 6.23. The number of nitrogens with one attached hydrogen (secondary N) is 2. The van der Waals surface area contributed by atoms with E-state index in [4.69, 9.17) is 16.6 Å². The number of unbranched alkanes of at least 4 members (excludes halogenated alkanes) is 1. The minimum atomic E-state index is -0.332. The number of aryl methyl sites for hydroxylation is 1. The van der Waals surface area contributed by atoms with Gasteiger partial charge in [0.25, 0.3) is 0 Å².